The van der Waals surface area contributed by atoms with Crippen molar-refractivity contribution in [3.05, 3.63) is 58.1 Å². The maximum Gasteiger partial charge on any atom is 0.272 e. The largest absolute Gasteiger partial charge is 0.497 e. The second-order valence-electron chi connectivity index (χ2n) is 6.04. The minimum absolute atomic E-state index is 0.0964. The van der Waals surface area contributed by atoms with Crippen molar-refractivity contribution < 1.29 is 9.47 Å². The van der Waals surface area contributed by atoms with E-state index in [0.29, 0.717) is 12.2 Å². The molecule has 2 aromatic heterocycles. The first-order valence-electron chi connectivity index (χ1n) is 8.08. The maximum atomic E-state index is 12.3. The second-order valence-corrected chi connectivity index (χ2v) is 6.04. The van der Waals surface area contributed by atoms with Crippen LogP contribution in [0.2, 0.25) is 0 Å². The quantitative estimate of drug-likeness (QED) is 0.747. The standard InChI is InChI=1S/C18H22N4O3/c1-12(2)21-8-7-17(23)22(21)18-14(11-19-20-18)9-13-5-6-15(24-3)10-16(13)25-4/h5-8,10-12H,9H2,1-4H3,(H,19,20). The van der Waals surface area contributed by atoms with Crippen LogP contribution in [0.5, 0.6) is 11.5 Å². The molecule has 0 aliphatic rings. The van der Waals surface area contributed by atoms with E-state index in [0.717, 1.165) is 22.6 Å². The first-order chi connectivity index (χ1) is 12.0. The van der Waals surface area contributed by atoms with Crippen LogP contribution in [0.1, 0.15) is 31.0 Å². The summed E-state index contributed by atoms with van der Waals surface area (Å²) in [6.07, 6.45) is 4.10. The van der Waals surface area contributed by atoms with Crippen molar-refractivity contribution in [3.8, 4) is 17.3 Å². The van der Waals surface area contributed by atoms with Gasteiger partial charge in [0.1, 0.15) is 11.5 Å². The van der Waals surface area contributed by atoms with Crippen LogP contribution in [0, 0.1) is 0 Å². The molecular weight excluding hydrogens is 320 g/mol. The Bertz CT molecular complexity index is 921. The highest BCUT2D eigenvalue weighted by atomic mass is 16.5. The van der Waals surface area contributed by atoms with Gasteiger partial charge in [0, 0.05) is 36.4 Å². The van der Waals surface area contributed by atoms with Gasteiger partial charge in [-0.05, 0) is 25.5 Å². The van der Waals surface area contributed by atoms with Crippen molar-refractivity contribution in [2.45, 2.75) is 26.3 Å². The number of ether oxygens (including phenoxy) is 2. The molecule has 3 aromatic rings. The summed E-state index contributed by atoms with van der Waals surface area (Å²) in [6.45, 7) is 4.05. The molecular formula is C18H22N4O3. The monoisotopic (exact) mass is 342 g/mol. The average molecular weight is 342 g/mol. The van der Waals surface area contributed by atoms with E-state index < -0.39 is 0 Å². The molecule has 0 bridgehead atoms. The first kappa shape index (κ1) is 16.9. The summed E-state index contributed by atoms with van der Waals surface area (Å²) in [6, 6.07) is 7.39. The number of rotatable bonds is 6. The normalized spacial score (nSPS) is 11.1. The van der Waals surface area contributed by atoms with Crippen molar-refractivity contribution in [3.63, 3.8) is 0 Å². The lowest BCUT2D eigenvalue weighted by molar-refractivity contribution is 0.391. The molecule has 3 rings (SSSR count). The summed E-state index contributed by atoms with van der Waals surface area (Å²) in [5, 5.41) is 7.09. The fraction of sp³-hybridized carbons (Fsp3) is 0.333. The number of hydrogen-bond donors (Lipinski definition) is 1. The summed E-state index contributed by atoms with van der Waals surface area (Å²) in [7, 11) is 3.25. The van der Waals surface area contributed by atoms with Gasteiger partial charge in [-0.3, -0.25) is 14.6 Å². The third kappa shape index (κ3) is 3.17. The van der Waals surface area contributed by atoms with E-state index in [4.69, 9.17) is 9.47 Å². The molecule has 0 unspecified atom stereocenters. The number of aromatic amines is 1. The zero-order valence-corrected chi connectivity index (χ0v) is 14.8. The highest BCUT2D eigenvalue weighted by Gasteiger charge is 2.16. The first-order valence-corrected chi connectivity index (χ1v) is 8.08. The predicted molar refractivity (Wildman–Crippen MR) is 94.9 cm³/mol. The van der Waals surface area contributed by atoms with E-state index in [-0.39, 0.29) is 11.6 Å². The van der Waals surface area contributed by atoms with Gasteiger partial charge < -0.3 is 9.47 Å². The summed E-state index contributed by atoms with van der Waals surface area (Å²) < 4.78 is 14.2. The minimum Gasteiger partial charge on any atom is -0.497 e. The van der Waals surface area contributed by atoms with Gasteiger partial charge in [-0.25, -0.2) is 0 Å². The van der Waals surface area contributed by atoms with Gasteiger partial charge in [-0.1, -0.05) is 6.07 Å². The Hall–Kier alpha value is -2.96. The summed E-state index contributed by atoms with van der Waals surface area (Å²) in [5.41, 5.74) is 1.80. The number of H-pyrrole nitrogens is 1. The lowest BCUT2D eigenvalue weighted by Crippen LogP contribution is -2.23. The van der Waals surface area contributed by atoms with E-state index in [1.54, 1.807) is 37.4 Å². The van der Waals surface area contributed by atoms with Crippen molar-refractivity contribution in [2.24, 2.45) is 0 Å². The molecule has 132 valence electrons. The number of methoxy groups -OCH3 is 2. The predicted octanol–water partition coefficient (Wildman–Crippen LogP) is 2.55. The Morgan fingerprint density at radius 2 is 1.96 bits per heavy atom. The molecule has 0 atom stereocenters. The Balaban J connectivity index is 2.02. The fourth-order valence-corrected chi connectivity index (χ4v) is 2.84. The molecule has 0 fully saturated rings. The molecule has 0 saturated carbocycles. The Labute approximate surface area is 145 Å². The van der Waals surface area contributed by atoms with E-state index in [9.17, 15) is 4.79 Å². The zero-order chi connectivity index (χ0) is 18.0. The van der Waals surface area contributed by atoms with Crippen molar-refractivity contribution in [2.75, 3.05) is 14.2 Å². The van der Waals surface area contributed by atoms with Gasteiger partial charge in [-0.15, -0.1) is 0 Å². The fourth-order valence-electron chi connectivity index (χ4n) is 2.84. The van der Waals surface area contributed by atoms with E-state index in [2.05, 4.69) is 10.2 Å². The smallest absolute Gasteiger partial charge is 0.272 e. The molecule has 0 aliphatic carbocycles. The molecule has 1 aromatic carbocycles. The van der Waals surface area contributed by atoms with Gasteiger partial charge >= 0.3 is 0 Å². The van der Waals surface area contributed by atoms with Crippen LogP contribution in [-0.4, -0.2) is 33.8 Å². The van der Waals surface area contributed by atoms with Gasteiger partial charge in [0.25, 0.3) is 5.56 Å². The molecule has 0 amide bonds. The Morgan fingerprint density at radius 1 is 1.16 bits per heavy atom. The van der Waals surface area contributed by atoms with E-state index in [1.165, 1.54) is 0 Å². The Morgan fingerprint density at radius 3 is 2.64 bits per heavy atom. The van der Waals surface area contributed by atoms with Gasteiger partial charge in [0.05, 0.1) is 20.4 Å². The molecule has 25 heavy (non-hydrogen) atoms. The van der Waals surface area contributed by atoms with Crippen molar-refractivity contribution >= 4 is 0 Å². The lowest BCUT2D eigenvalue weighted by Gasteiger charge is -2.15. The molecule has 0 saturated heterocycles. The third-order valence-corrected chi connectivity index (χ3v) is 4.12. The lowest BCUT2D eigenvalue weighted by atomic mass is 10.1. The zero-order valence-electron chi connectivity index (χ0n) is 14.8. The SMILES string of the molecule is COc1ccc(Cc2cn[nH]c2-n2c(=O)ccn2C(C)C)c(OC)c1. The van der Waals surface area contributed by atoms with Crippen molar-refractivity contribution in [1.82, 2.24) is 19.6 Å². The number of aromatic nitrogens is 4. The highest BCUT2D eigenvalue weighted by Crippen LogP contribution is 2.27. The summed E-state index contributed by atoms with van der Waals surface area (Å²) in [5.74, 6) is 2.14. The number of nitrogens with one attached hydrogen (secondary N) is 1. The molecule has 0 spiro atoms. The van der Waals surface area contributed by atoms with Gasteiger partial charge in [0.15, 0.2) is 5.82 Å². The van der Waals surface area contributed by atoms with Gasteiger partial charge in [-0.2, -0.15) is 9.78 Å². The highest BCUT2D eigenvalue weighted by molar-refractivity contribution is 5.45. The minimum atomic E-state index is -0.0964. The average Bonchev–Trinajstić information content (AvgIpc) is 3.21. The van der Waals surface area contributed by atoms with Crippen LogP contribution in [0.25, 0.3) is 5.82 Å². The van der Waals surface area contributed by atoms with E-state index >= 15 is 0 Å². The summed E-state index contributed by atoms with van der Waals surface area (Å²) in [4.78, 5) is 12.3. The molecule has 0 aliphatic heterocycles. The van der Waals surface area contributed by atoms with Crippen LogP contribution >= 0.6 is 0 Å². The summed E-state index contributed by atoms with van der Waals surface area (Å²) >= 11 is 0. The molecule has 7 nitrogen and oxygen atoms in total. The molecule has 2 heterocycles. The molecule has 1 N–H and O–H groups in total. The van der Waals surface area contributed by atoms with Crippen molar-refractivity contribution in [1.29, 1.82) is 0 Å². The van der Waals surface area contributed by atoms with Crippen LogP contribution in [0.3, 0.4) is 0 Å². The number of hydrogen-bond acceptors (Lipinski definition) is 4. The van der Waals surface area contributed by atoms with E-state index in [1.807, 2.05) is 36.7 Å². The third-order valence-electron chi connectivity index (χ3n) is 4.12. The molecule has 7 heteroatoms. The molecule has 0 radical (unpaired) electrons. The van der Waals surface area contributed by atoms with Gasteiger partial charge in [0.2, 0.25) is 0 Å². The topological polar surface area (TPSA) is 74.1 Å². The van der Waals surface area contributed by atoms with Crippen LogP contribution in [0.4, 0.5) is 0 Å². The second kappa shape index (κ2) is 6.88. The van der Waals surface area contributed by atoms with Crippen LogP contribution in [-0.2, 0) is 6.42 Å². The number of benzene rings is 1. The van der Waals surface area contributed by atoms with Crippen LogP contribution < -0.4 is 15.0 Å². The van der Waals surface area contributed by atoms with Crippen LogP contribution in [0.15, 0.2) is 41.5 Å². The number of nitrogens with zero attached hydrogens (tertiary/aromatic N) is 3. The maximum absolute atomic E-state index is 12.3. The Kier molecular flexibility index (Phi) is 4.65.